The van der Waals surface area contributed by atoms with Gasteiger partial charge in [-0.25, -0.2) is 12.8 Å². The number of anilines is 1. The van der Waals surface area contributed by atoms with Crippen molar-refractivity contribution in [3.05, 3.63) is 53.8 Å². The number of rotatable bonds is 13. The Kier molecular flexibility index (Phi) is 10.1. The highest BCUT2D eigenvalue weighted by molar-refractivity contribution is 7.89. The number of carbonyl (C=O) groups is 1. The van der Waals surface area contributed by atoms with E-state index in [0.29, 0.717) is 31.9 Å². The summed E-state index contributed by atoms with van der Waals surface area (Å²) in [6.45, 7) is 5.28. The maximum absolute atomic E-state index is 13.7. The summed E-state index contributed by atoms with van der Waals surface area (Å²) in [7, 11) is -0.592. The number of sulfonamides is 1. The number of halogens is 1. The molecular formula is C23H32FN3O5S. The van der Waals surface area contributed by atoms with Crippen LogP contribution in [0.1, 0.15) is 24.2 Å². The van der Waals surface area contributed by atoms with E-state index >= 15 is 0 Å². The quantitative estimate of drug-likeness (QED) is 0.443. The van der Waals surface area contributed by atoms with E-state index in [9.17, 15) is 17.6 Å². The first-order valence-electron chi connectivity index (χ1n) is 10.8. The lowest BCUT2D eigenvalue weighted by atomic mass is 10.1. The number of nitrogens with one attached hydrogen (secondary N) is 1. The number of methoxy groups -OCH3 is 1. The molecule has 0 aliphatic carbocycles. The highest BCUT2D eigenvalue weighted by Gasteiger charge is 2.25. The van der Waals surface area contributed by atoms with Gasteiger partial charge in [-0.2, -0.15) is 4.31 Å². The van der Waals surface area contributed by atoms with Crippen LogP contribution in [-0.4, -0.2) is 77.1 Å². The molecule has 2 rings (SSSR count). The van der Waals surface area contributed by atoms with Crippen molar-refractivity contribution in [2.75, 3.05) is 58.9 Å². The number of hydrogen-bond acceptors (Lipinski definition) is 6. The number of benzene rings is 2. The Morgan fingerprint density at radius 3 is 2.42 bits per heavy atom. The Hall–Kier alpha value is -2.69. The Morgan fingerprint density at radius 1 is 1.09 bits per heavy atom. The van der Waals surface area contributed by atoms with Crippen LogP contribution in [0.2, 0.25) is 0 Å². The average molecular weight is 482 g/mol. The third-order valence-corrected chi connectivity index (χ3v) is 7.10. The van der Waals surface area contributed by atoms with Gasteiger partial charge in [0.1, 0.15) is 6.61 Å². The molecule has 0 aliphatic heterocycles. The van der Waals surface area contributed by atoms with Gasteiger partial charge < -0.3 is 19.7 Å². The predicted octanol–water partition coefficient (Wildman–Crippen LogP) is 3.07. The van der Waals surface area contributed by atoms with Crippen molar-refractivity contribution in [1.29, 1.82) is 0 Å². The first-order valence-corrected chi connectivity index (χ1v) is 12.2. The molecule has 0 unspecified atom stereocenters. The van der Waals surface area contributed by atoms with Crippen LogP contribution in [0.25, 0.3) is 0 Å². The maximum Gasteiger partial charge on any atom is 0.255 e. The topological polar surface area (TPSA) is 88.2 Å². The summed E-state index contributed by atoms with van der Waals surface area (Å²) < 4.78 is 51.5. The molecule has 1 amide bonds. The van der Waals surface area contributed by atoms with Gasteiger partial charge in [-0.3, -0.25) is 4.79 Å². The second kappa shape index (κ2) is 12.5. The molecule has 0 aliphatic rings. The SMILES string of the molecule is CCN(CC)S(=O)(=O)c1ccc(NCCOC)c(C(=O)N(C)CCOc2ccccc2F)c1. The van der Waals surface area contributed by atoms with E-state index in [0.717, 1.165) is 0 Å². The zero-order valence-electron chi connectivity index (χ0n) is 19.5. The molecule has 0 bridgehead atoms. The number of carbonyl (C=O) groups excluding carboxylic acids is 1. The second-order valence-corrected chi connectivity index (χ2v) is 9.16. The van der Waals surface area contributed by atoms with Crippen LogP contribution in [0.4, 0.5) is 10.1 Å². The van der Waals surface area contributed by atoms with Crippen molar-refractivity contribution in [3.8, 4) is 5.75 Å². The number of para-hydroxylation sites is 1. The second-order valence-electron chi connectivity index (χ2n) is 7.22. The third-order valence-electron chi connectivity index (χ3n) is 5.05. The van der Waals surface area contributed by atoms with Gasteiger partial charge in [-0.15, -0.1) is 0 Å². The standard InChI is InChI=1S/C23H32FN3O5S/c1-5-27(6-2)33(29,30)18-11-12-21(25-13-15-31-4)19(17-18)23(28)26(3)14-16-32-22-10-8-7-9-20(22)24/h7-12,17,25H,5-6,13-16H2,1-4H3. The van der Waals surface area contributed by atoms with Gasteiger partial charge in [0.2, 0.25) is 10.0 Å². The van der Waals surface area contributed by atoms with Crippen molar-refractivity contribution in [2.24, 2.45) is 0 Å². The molecule has 10 heteroatoms. The molecule has 0 spiro atoms. The van der Waals surface area contributed by atoms with Crippen molar-refractivity contribution >= 4 is 21.6 Å². The number of likely N-dealkylation sites (N-methyl/N-ethyl adjacent to an activating group) is 1. The van der Waals surface area contributed by atoms with Crippen molar-refractivity contribution in [1.82, 2.24) is 9.21 Å². The minimum Gasteiger partial charge on any atom is -0.489 e. The van der Waals surface area contributed by atoms with E-state index in [2.05, 4.69) is 5.32 Å². The molecule has 0 saturated heterocycles. The molecular weight excluding hydrogens is 449 g/mol. The monoisotopic (exact) mass is 481 g/mol. The molecule has 2 aromatic carbocycles. The summed E-state index contributed by atoms with van der Waals surface area (Å²) in [6, 6.07) is 10.5. The van der Waals surface area contributed by atoms with Gasteiger partial charge in [0, 0.05) is 39.5 Å². The van der Waals surface area contributed by atoms with E-state index < -0.39 is 15.8 Å². The van der Waals surface area contributed by atoms with E-state index in [1.165, 1.54) is 33.5 Å². The number of nitrogens with zero attached hydrogens (tertiary/aromatic N) is 2. The van der Waals surface area contributed by atoms with Gasteiger partial charge in [0.05, 0.1) is 23.6 Å². The molecule has 1 N–H and O–H groups in total. The minimum absolute atomic E-state index is 0.0443. The predicted molar refractivity (Wildman–Crippen MR) is 126 cm³/mol. The van der Waals surface area contributed by atoms with E-state index in [1.54, 1.807) is 46.2 Å². The fraction of sp³-hybridized carbons (Fsp3) is 0.435. The summed E-state index contributed by atoms with van der Waals surface area (Å²) >= 11 is 0. The first kappa shape index (κ1) is 26.6. The van der Waals surface area contributed by atoms with Crippen LogP contribution in [-0.2, 0) is 14.8 Å². The van der Waals surface area contributed by atoms with Gasteiger partial charge in [-0.05, 0) is 30.3 Å². The highest BCUT2D eigenvalue weighted by atomic mass is 32.2. The summed E-state index contributed by atoms with van der Waals surface area (Å²) in [5, 5.41) is 3.11. The van der Waals surface area contributed by atoms with E-state index in [1.807, 2.05) is 0 Å². The fourth-order valence-corrected chi connectivity index (χ4v) is 4.66. The molecule has 0 aromatic heterocycles. The largest absolute Gasteiger partial charge is 0.489 e. The Bertz CT molecular complexity index is 1030. The molecule has 0 radical (unpaired) electrons. The lowest BCUT2D eigenvalue weighted by Crippen LogP contribution is -2.33. The van der Waals surface area contributed by atoms with Crippen LogP contribution in [0.15, 0.2) is 47.4 Å². The molecule has 0 saturated carbocycles. The Morgan fingerprint density at radius 2 is 1.79 bits per heavy atom. The summed E-state index contributed by atoms with van der Waals surface area (Å²) in [5.74, 6) is -0.762. The Balaban J connectivity index is 2.25. The van der Waals surface area contributed by atoms with E-state index in [4.69, 9.17) is 9.47 Å². The molecule has 0 fully saturated rings. The summed E-state index contributed by atoms with van der Waals surface area (Å²) in [6.07, 6.45) is 0. The van der Waals surface area contributed by atoms with Crippen LogP contribution in [0.5, 0.6) is 5.75 Å². The lowest BCUT2D eigenvalue weighted by Gasteiger charge is -2.22. The van der Waals surface area contributed by atoms with Crippen LogP contribution < -0.4 is 10.1 Å². The minimum atomic E-state index is -3.74. The van der Waals surface area contributed by atoms with Crippen molar-refractivity contribution in [3.63, 3.8) is 0 Å². The molecule has 8 nitrogen and oxygen atoms in total. The molecule has 182 valence electrons. The third kappa shape index (κ3) is 6.89. The lowest BCUT2D eigenvalue weighted by molar-refractivity contribution is 0.0773. The van der Waals surface area contributed by atoms with Crippen LogP contribution in [0, 0.1) is 5.82 Å². The van der Waals surface area contributed by atoms with Crippen LogP contribution in [0.3, 0.4) is 0 Å². The zero-order valence-corrected chi connectivity index (χ0v) is 20.3. The number of hydrogen-bond donors (Lipinski definition) is 1. The number of ether oxygens (including phenoxy) is 2. The van der Waals surface area contributed by atoms with E-state index in [-0.39, 0.29) is 35.3 Å². The van der Waals surface area contributed by atoms with Crippen molar-refractivity contribution < 1.29 is 27.1 Å². The fourth-order valence-electron chi connectivity index (χ4n) is 3.18. The molecule has 0 heterocycles. The van der Waals surface area contributed by atoms with Crippen LogP contribution >= 0.6 is 0 Å². The Labute approximate surface area is 195 Å². The summed E-state index contributed by atoms with van der Waals surface area (Å²) in [4.78, 5) is 14.7. The van der Waals surface area contributed by atoms with Gasteiger partial charge in [0.25, 0.3) is 5.91 Å². The normalized spacial score (nSPS) is 11.5. The maximum atomic E-state index is 13.7. The van der Waals surface area contributed by atoms with Gasteiger partial charge in [-0.1, -0.05) is 26.0 Å². The summed E-state index contributed by atoms with van der Waals surface area (Å²) in [5.41, 5.74) is 0.713. The molecule has 33 heavy (non-hydrogen) atoms. The molecule has 0 atom stereocenters. The highest BCUT2D eigenvalue weighted by Crippen LogP contribution is 2.24. The smallest absolute Gasteiger partial charge is 0.255 e. The average Bonchev–Trinajstić information content (AvgIpc) is 2.80. The number of amides is 1. The van der Waals surface area contributed by atoms with Crippen molar-refractivity contribution in [2.45, 2.75) is 18.7 Å². The van der Waals surface area contributed by atoms with Gasteiger partial charge in [0.15, 0.2) is 11.6 Å². The zero-order chi connectivity index (χ0) is 24.4. The first-order chi connectivity index (χ1) is 15.8. The van der Waals surface area contributed by atoms with Gasteiger partial charge >= 0.3 is 0 Å². The molecule has 2 aromatic rings.